The van der Waals surface area contributed by atoms with Crippen molar-refractivity contribution in [1.29, 1.82) is 0 Å². The maximum Gasteiger partial charge on any atom is 0.229 e. The van der Waals surface area contributed by atoms with Crippen LogP contribution in [0, 0.1) is 0 Å². The minimum Gasteiger partial charge on any atom is -0.481 e. The van der Waals surface area contributed by atoms with Crippen molar-refractivity contribution in [3.8, 4) is 17.3 Å². The molecule has 0 spiro atoms. The number of nitrogens with zero attached hydrogens (tertiary/aromatic N) is 3. The van der Waals surface area contributed by atoms with Gasteiger partial charge in [-0.1, -0.05) is 19.0 Å². The summed E-state index contributed by atoms with van der Waals surface area (Å²) in [4.78, 5) is 8.36. The SMILES string of the molecule is COc1ccc(-c2noc(C(C)C)n2)cn1. The molecular formula is C11H13N3O2. The molecule has 0 aromatic carbocycles. The van der Waals surface area contributed by atoms with E-state index in [0.29, 0.717) is 17.6 Å². The zero-order chi connectivity index (χ0) is 11.5. The van der Waals surface area contributed by atoms with Gasteiger partial charge in [0.1, 0.15) is 0 Å². The van der Waals surface area contributed by atoms with Crippen LogP contribution >= 0.6 is 0 Å². The van der Waals surface area contributed by atoms with Crippen LogP contribution in [-0.2, 0) is 0 Å². The topological polar surface area (TPSA) is 61.0 Å². The molecule has 16 heavy (non-hydrogen) atoms. The maximum absolute atomic E-state index is 5.12. The van der Waals surface area contributed by atoms with Crippen LogP contribution < -0.4 is 4.74 Å². The molecule has 5 heteroatoms. The second-order valence-corrected chi connectivity index (χ2v) is 3.70. The average Bonchev–Trinajstić information content (AvgIpc) is 2.78. The number of ether oxygens (including phenoxy) is 1. The van der Waals surface area contributed by atoms with Gasteiger partial charge in [0.05, 0.1) is 7.11 Å². The lowest BCUT2D eigenvalue weighted by molar-refractivity contribution is 0.365. The van der Waals surface area contributed by atoms with Gasteiger partial charge in [0, 0.05) is 23.7 Å². The second-order valence-electron chi connectivity index (χ2n) is 3.70. The molecule has 0 aliphatic carbocycles. The highest BCUT2D eigenvalue weighted by molar-refractivity contribution is 5.53. The molecule has 2 rings (SSSR count). The normalized spacial score (nSPS) is 10.8. The largest absolute Gasteiger partial charge is 0.481 e. The summed E-state index contributed by atoms with van der Waals surface area (Å²) in [5.74, 6) is 1.98. The Bertz CT molecular complexity index is 462. The lowest BCUT2D eigenvalue weighted by atomic mass is 10.2. The molecule has 2 aromatic heterocycles. The van der Waals surface area contributed by atoms with Crippen molar-refractivity contribution in [2.24, 2.45) is 0 Å². The molecule has 0 bridgehead atoms. The van der Waals surface area contributed by atoms with Crippen LogP contribution in [-0.4, -0.2) is 22.2 Å². The van der Waals surface area contributed by atoms with Gasteiger partial charge in [-0.2, -0.15) is 4.98 Å². The first-order valence-electron chi connectivity index (χ1n) is 5.04. The lowest BCUT2D eigenvalue weighted by Crippen LogP contribution is -1.89. The zero-order valence-electron chi connectivity index (χ0n) is 9.47. The molecule has 0 atom stereocenters. The third-order valence-corrected chi connectivity index (χ3v) is 2.14. The van der Waals surface area contributed by atoms with Crippen molar-refractivity contribution >= 4 is 0 Å². The van der Waals surface area contributed by atoms with Gasteiger partial charge in [0.2, 0.25) is 17.6 Å². The third kappa shape index (κ3) is 2.03. The molecule has 2 heterocycles. The highest BCUT2D eigenvalue weighted by atomic mass is 16.5. The first kappa shape index (κ1) is 10.6. The summed E-state index contributed by atoms with van der Waals surface area (Å²) in [7, 11) is 1.58. The van der Waals surface area contributed by atoms with Gasteiger partial charge < -0.3 is 9.26 Å². The monoisotopic (exact) mass is 219 g/mol. The van der Waals surface area contributed by atoms with E-state index in [4.69, 9.17) is 9.26 Å². The van der Waals surface area contributed by atoms with Gasteiger partial charge in [-0.25, -0.2) is 4.98 Å². The van der Waals surface area contributed by atoms with E-state index in [9.17, 15) is 0 Å². The van der Waals surface area contributed by atoms with Crippen molar-refractivity contribution in [2.75, 3.05) is 7.11 Å². The van der Waals surface area contributed by atoms with Crippen LogP contribution in [0.5, 0.6) is 5.88 Å². The van der Waals surface area contributed by atoms with Crippen LogP contribution in [0.25, 0.3) is 11.4 Å². The molecule has 0 radical (unpaired) electrons. The standard InChI is InChI=1S/C11H13N3O2/c1-7(2)11-13-10(14-16-11)8-4-5-9(15-3)12-6-8/h4-7H,1-3H3. The van der Waals surface area contributed by atoms with Gasteiger partial charge in [-0.15, -0.1) is 0 Å². The molecule has 0 saturated carbocycles. The van der Waals surface area contributed by atoms with Gasteiger partial charge in [0.25, 0.3) is 0 Å². The predicted octanol–water partition coefficient (Wildman–Crippen LogP) is 2.26. The number of pyridine rings is 1. The van der Waals surface area contributed by atoms with E-state index in [0.717, 1.165) is 5.56 Å². The fraction of sp³-hybridized carbons (Fsp3) is 0.364. The van der Waals surface area contributed by atoms with Crippen molar-refractivity contribution in [1.82, 2.24) is 15.1 Å². The molecule has 0 fully saturated rings. The number of hydrogen-bond acceptors (Lipinski definition) is 5. The predicted molar refractivity (Wildman–Crippen MR) is 58.2 cm³/mol. The van der Waals surface area contributed by atoms with Crippen LogP contribution in [0.4, 0.5) is 0 Å². The molecule has 5 nitrogen and oxygen atoms in total. The molecule has 2 aromatic rings. The summed E-state index contributed by atoms with van der Waals surface area (Å²) in [6.07, 6.45) is 1.66. The molecule has 0 aliphatic rings. The van der Waals surface area contributed by atoms with E-state index in [-0.39, 0.29) is 5.92 Å². The quantitative estimate of drug-likeness (QED) is 0.792. The molecule has 0 amide bonds. The average molecular weight is 219 g/mol. The van der Waals surface area contributed by atoms with Crippen LogP contribution in [0.15, 0.2) is 22.9 Å². The fourth-order valence-corrected chi connectivity index (χ4v) is 1.22. The lowest BCUT2D eigenvalue weighted by Gasteiger charge is -1.97. The van der Waals surface area contributed by atoms with Gasteiger partial charge in [-0.05, 0) is 6.07 Å². The molecular weight excluding hydrogens is 206 g/mol. The highest BCUT2D eigenvalue weighted by Crippen LogP contribution is 2.19. The molecule has 0 aliphatic heterocycles. The summed E-state index contributed by atoms with van der Waals surface area (Å²) in [6, 6.07) is 3.61. The number of rotatable bonds is 3. The van der Waals surface area contributed by atoms with Gasteiger partial charge in [-0.3, -0.25) is 0 Å². The smallest absolute Gasteiger partial charge is 0.229 e. The van der Waals surface area contributed by atoms with Crippen molar-refractivity contribution in [2.45, 2.75) is 19.8 Å². The Balaban J connectivity index is 2.28. The maximum atomic E-state index is 5.12. The zero-order valence-corrected chi connectivity index (χ0v) is 9.47. The number of hydrogen-bond donors (Lipinski definition) is 0. The first-order valence-corrected chi connectivity index (χ1v) is 5.04. The first-order chi connectivity index (χ1) is 7.70. The van der Waals surface area contributed by atoms with Gasteiger partial charge in [0.15, 0.2) is 0 Å². The summed E-state index contributed by atoms with van der Waals surface area (Å²) in [5, 5.41) is 3.90. The second kappa shape index (κ2) is 4.30. The summed E-state index contributed by atoms with van der Waals surface area (Å²) >= 11 is 0. The Morgan fingerprint density at radius 2 is 2.12 bits per heavy atom. The molecule has 0 unspecified atom stereocenters. The Kier molecular flexibility index (Phi) is 2.85. The fourth-order valence-electron chi connectivity index (χ4n) is 1.22. The highest BCUT2D eigenvalue weighted by Gasteiger charge is 2.11. The number of aromatic nitrogens is 3. The Labute approximate surface area is 93.5 Å². The Morgan fingerprint density at radius 3 is 2.62 bits per heavy atom. The Morgan fingerprint density at radius 1 is 1.31 bits per heavy atom. The van der Waals surface area contributed by atoms with E-state index in [1.165, 1.54) is 0 Å². The minimum absolute atomic E-state index is 0.229. The van der Waals surface area contributed by atoms with Crippen LogP contribution in [0.3, 0.4) is 0 Å². The van der Waals surface area contributed by atoms with E-state index < -0.39 is 0 Å². The summed E-state index contributed by atoms with van der Waals surface area (Å²) in [5.41, 5.74) is 0.816. The van der Waals surface area contributed by atoms with E-state index >= 15 is 0 Å². The Hall–Kier alpha value is -1.91. The molecule has 0 N–H and O–H groups in total. The van der Waals surface area contributed by atoms with Crippen molar-refractivity contribution < 1.29 is 9.26 Å². The third-order valence-electron chi connectivity index (χ3n) is 2.14. The van der Waals surface area contributed by atoms with Crippen LogP contribution in [0.1, 0.15) is 25.7 Å². The molecule has 84 valence electrons. The molecule has 0 saturated heterocycles. The van der Waals surface area contributed by atoms with Crippen molar-refractivity contribution in [3.05, 3.63) is 24.2 Å². The van der Waals surface area contributed by atoms with Crippen LogP contribution in [0.2, 0.25) is 0 Å². The van der Waals surface area contributed by atoms with Crippen molar-refractivity contribution in [3.63, 3.8) is 0 Å². The number of methoxy groups -OCH3 is 1. The summed E-state index contributed by atoms with van der Waals surface area (Å²) < 4.78 is 10.1. The van der Waals surface area contributed by atoms with Gasteiger partial charge >= 0.3 is 0 Å². The van der Waals surface area contributed by atoms with E-state index in [1.807, 2.05) is 19.9 Å². The van der Waals surface area contributed by atoms with E-state index in [2.05, 4.69) is 15.1 Å². The minimum atomic E-state index is 0.229. The van der Waals surface area contributed by atoms with E-state index in [1.54, 1.807) is 19.4 Å². The summed E-state index contributed by atoms with van der Waals surface area (Å²) in [6.45, 7) is 4.01.